The minimum absolute atomic E-state index is 0.0314. The Kier molecular flexibility index (Phi) is 4.10. The Morgan fingerprint density at radius 3 is 2.67 bits per heavy atom. The van der Waals surface area contributed by atoms with Gasteiger partial charge in [0, 0.05) is 18.0 Å². The molecule has 0 fully saturated rings. The Labute approximate surface area is 135 Å². The van der Waals surface area contributed by atoms with Crippen molar-refractivity contribution in [2.75, 3.05) is 5.43 Å². The minimum Gasteiger partial charge on any atom is -0.285 e. The van der Waals surface area contributed by atoms with Crippen LogP contribution in [0.3, 0.4) is 0 Å². The first kappa shape index (κ1) is 15.1. The molecule has 10 heteroatoms. The number of imidazole rings is 1. The number of hydrogen-bond acceptors (Lipinski definition) is 7. The lowest BCUT2D eigenvalue weighted by atomic mass is 10.2. The smallest absolute Gasteiger partial charge is 0.285 e. The fourth-order valence-corrected chi connectivity index (χ4v) is 1.98. The lowest BCUT2D eigenvalue weighted by Crippen LogP contribution is -2.30. The van der Waals surface area contributed by atoms with Crippen LogP contribution in [0.4, 0.5) is 11.5 Å². The zero-order chi connectivity index (χ0) is 16.9. The molecule has 0 aliphatic rings. The first-order valence-corrected chi connectivity index (χ1v) is 6.76. The predicted molar refractivity (Wildman–Crippen MR) is 83.3 cm³/mol. The van der Waals surface area contributed by atoms with E-state index in [0.717, 1.165) is 6.33 Å². The molecule has 0 aliphatic carbocycles. The number of nitro groups is 1. The van der Waals surface area contributed by atoms with E-state index >= 15 is 0 Å². The SMILES string of the molecule is O=C(NNc1ncnc(-n2ccnc2)c1[N+](=O)[O-])c1ccccc1. The normalized spacial score (nSPS) is 10.2. The van der Waals surface area contributed by atoms with Crippen LogP contribution in [0.15, 0.2) is 55.4 Å². The van der Waals surface area contributed by atoms with Crippen LogP contribution in [0.1, 0.15) is 10.4 Å². The van der Waals surface area contributed by atoms with E-state index in [1.165, 1.54) is 23.3 Å². The van der Waals surface area contributed by atoms with E-state index in [2.05, 4.69) is 25.8 Å². The molecule has 120 valence electrons. The van der Waals surface area contributed by atoms with Crippen LogP contribution in [0, 0.1) is 10.1 Å². The molecule has 10 nitrogen and oxygen atoms in total. The van der Waals surface area contributed by atoms with Crippen molar-refractivity contribution in [2.45, 2.75) is 0 Å². The van der Waals surface area contributed by atoms with Gasteiger partial charge in [0.25, 0.3) is 5.91 Å². The highest BCUT2D eigenvalue weighted by Gasteiger charge is 2.24. The molecular weight excluding hydrogens is 314 g/mol. The van der Waals surface area contributed by atoms with Gasteiger partial charge in [0.2, 0.25) is 11.6 Å². The minimum atomic E-state index is -0.633. The van der Waals surface area contributed by atoms with Gasteiger partial charge in [-0.3, -0.25) is 30.3 Å². The molecule has 0 aliphatic heterocycles. The number of benzene rings is 1. The number of carbonyl (C=O) groups excluding carboxylic acids is 1. The van der Waals surface area contributed by atoms with E-state index in [-0.39, 0.29) is 17.3 Å². The van der Waals surface area contributed by atoms with Crippen LogP contribution in [0.2, 0.25) is 0 Å². The van der Waals surface area contributed by atoms with Crippen molar-refractivity contribution in [1.29, 1.82) is 0 Å². The van der Waals surface area contributed by atoms with Gasteiger partial charge in [0.05, 0.1) is 4.92 Å². The van der Waals surface area contributed by atoms with E-state index < -0.39 is 10.8 Å². The van der Waals surface area contributed by atoms with Gasteiger partial charge < -0.3 is 0 Å². The summed E-state index contributed by atoms with van der Waals surface area (Å²) in [5.74, 6) is -0.556. The average molecular weight is 325 g/mol. The molecule has 1 aromatic carbocycles. The molecule has 3 rings (SSSR count). The molecule has 0 saturated carbocycles. The van der Waals surface area contributed by atoms with E-state index in [0.29, 0.717) is 5.56 Å². The second-order valence-electron chi connectivity index (χ2n) is 4.57. The summed E-state index contributed by atoms with van der Waals surface area (Å²) < 4.78 is 1.38. The van der Waals surface area contributed by atoms with Crippen molar-refractivity contribution in [3.63, 3.8) is 0 Å². The lowest BCUT2D eigenvalue weighted by molar-refractivity contribution is -0.384. The molecule has 0 radical (unpaired) electrons. The second-order valence-corrected chi connectivity index (χ2v) is 4.57. The summed E-state index contributed by atoms with van der Waals surface area (Å²) in [5.41, 5.74) is 4.86. The number of anilines is 1. The topological polar surface area (TPSA) is 128 Å². The van der Waals surface area contributed by atoms with E-state index in [1.54, 1.807) is 30.3 Å². The Bertz CT molecular complexity index is 865. The molecule has 1 amide bonds. The number of hydrogen-bond donors (Lipinski definition) is 2. The number of carbonyl (C=O) groups is 1. The molecule has 0 unspecified atom stereocenters. The molecule has 0 saturated heterocycles. The molecule has 2 aromatic heterocycles. The van der Waals surface area contributed by atoms with Crippen LogP contribution in [-0.2, 0) is 0 Å². The Balaban J connectivity index is 1.87. The van der Waals surface area contributed by atoms with Gasteiger partial charge in [0.15, 0.2) is 0 Å². The highest BCUT2D eigenvalue weighted by molar-refractivity contribution is 5.94. The number of rotatable bonds is 5. The van der Waals surface area contributed by atoms with E-state index in [1.807, 2.05) is 0 Å². The summed E-state index contributed by atoms with van der Waals surface area (Å²) in [6.07, 6.45) is 5.51. The van der Waals surface area contributed by atoms with Crippen molar-refractivity contribution in [3.05, 3.63) is 71.1 Å². The highest BCUT2D eigenvalue weighted by atomic mass is 16.6. The number of amides is 1. The first-order valence-electron chi connectivity index (χ1n) is 6.76. The number of nitrogens with zero attached hydrogens (tertiary/aromatic N) is 5. The van der Waals surface area contributed by atoms with Gasteiger partial charge in [-0.05, 0) is 12.1 Å². The summed E-state index contributed by atoms with van der Waals surface area (Å²) in [5, 5.41) is 11.4. The molecule has 2 N–H and O–H groups in total. The zero-order valence-electron chi connectivity index (χ0n) is 12.2. The van der Waals surface area contributed by atoms with Crippen LogP contribution < -0.4 is 10.9 Å². The van der Waals surface area contributed by atoms with Crippen molar-refractivity contribution in [2.24, 2.45) is 0 Å². The monoisotopic (exact) mass is 325 g/mol. The molecule has 2 heterocycles. The molecule has 24 heavy (non-hydrogen) atoms. The largest absolute Gasteiger partial charge is 0.355 e. The van der Waals surface area contributed by atoms with Crippen LogP contribution in [0.5, 0.6) is 0 Å². The second kappa shape index (κ2) is 6.52. The third kappa shape index (κ3) is 3.02. The average Bonchev–Trinajstić information content (AvgIpc) is 3.14. The first-order chi connectivity index (χ1) is 11.7. The van der Waals surface area contributed by atoms with Crippen LogP contribution in [-0.4, -0.2) is 30.3 Å². The highest BCUT2D eigenvalue weighted by Crippen LogP contribution is 2.26. The van der Waals surface area contributed by atoms with Crippen molar-refractivity contribution in [3.8, 4) is 5.82 Å². The quantitative estimate of drug-likeness (QED) is 0.535. The van der Waals surface area contributed by atoms with Crippen molar-refractivity contribution < 1.29 is 9.72 Å². The summed E-state index contributed by atoms with van der Waals surface area (Å²) in [4.78, 5) is 34.3. The molecule has 0 atom stereocenters. The van der Waals surface area contributed by atoms with Crippen molar-refractivity contribution >= 4 is 17.4 Å². The summed E-state index contributed by atoms with van der Waals surface area (Å²) in [7, 11) is 0. The Morgan fingerprint density at radius 2 is 2.00 bits per heavy atom. The van der Waals surface area contributed by atoms with E-state index in [4.69, 9.17) is 0 Å². The van der Waals surface area contributed by atoms with E-state index in [9.17, 15) is 14.9 Å². The number of hydrazine groups is 1. The number of aromatic nitrogens is 4. The molecular formula is C14H11N7O3. The van der Waals surface area contributed by atoms with Crippen LogP contribution >= 0.6 is 0 Å². The summed E-state index contributed by atoms with van der Waals surface area (Å²) in [6.45, 7) is 0. The van der Waals surface area contributed by atoms with Gasteiger partial charge >= 0.3 is 5.69 Å². The van der Waals surface area contributed by atoms with Gasteiger partial charge in [0.1, 0.15) is 12.7 Å². The third-order valence-corrected chi connectivity index (χ3v) is 3.06. The summed E-state index contributed by atoms with van der Waals surface area (Å²) in [6, 6.07) is 8.42. The molecule has 3 aromatic rings. The maximum Gasteiger partial charge on any atom is 0.355 e. The third-order valence-electron chi connectivity index (χ3n) is 3.06. The van der Waals surface area contributed by atoms with Gasteiger partial charge in [-0.1, -0.05) is 18.2 Å². The maximum absolute atomic E-state index is 12.0. The summed E-state index contributed by atoms with van der Waals surface area (Å²) >= 11 is 0. The fourth-order valence-electron chi connectivity index (χ4n) is 1.98. The standard InChI is InChI=1S/C14H11N7O3/c22-14(10-4-2-1-3-5-10)19-18-12-11(21(23)24)13(17-8-16-12)20-7-6-15-9-20/h1-9H,(H,19,22)(H,16,17,18). The van der Waals surface area contributed by atoms with Gasteiger partial charge in [-0.25, -0.2) is 15.0 Å². The number of nitrogens with one attached hydrogen (secondary N) is 2. The zero-order valence-corrected chi connectivity index (χ0v) is 12.2. The Hall–Kier alpha value is -3.82. The molecule has 0 spiro atoms. The fraction of sp³-hybridized carbons (Fsp3) is 0. The molecule has 0 bridgehead atoms. The van der Waals surface area contributed by atoms with Gasteiger partial charge in [-0.15, -0.1) is 0 Å². The van der Waals surface area contributed by atoms with Crippen molar-refractivity contribution in [1.82, 2.24) is 24.9 Å². The lowest BCUT2D eigenvalue weighted by Gasteiger charge is -2.10. The van der Waals surface area contributed by atoms with Gasteiger partial charge in [-0.2, -0.15) is 0 Å². The van der Waals surface area contributed by atoms with Crippen LogP contribution in [0.25, 0.3) is 5.82 Å². The Morgan fingerprint density at radius 1 is 1.21 bits per heavy atom. The predicted octanol–water partition coefficient (Wildman–Crippen LogP) is 1.33. The maximum atomic E-state index is 12.0.